The number of aromatic nitrogens is 1. The van der Waals surface area contributed by atoms with E-state index in [1.54, 1.807) is 36.3 Å². The Balaban J connectivity index is 1.38. The topological polar surface area (TPSA) is 79.8 Å². The quantitative estimate of drug-likeness (QED) is 0.510. The van der Waals surface area contributed by atoms with Crippen LogP contribution in [0.4, 0.5) is 0 Å². The molecule has 32 heavy (non-hydrogen) atoms. The second-order valence-electron chi connectivity index (χ2n) is 7.74. The van der Waals surface area contributed by atoms with Crippen molar-refractivity contribution in [1.29, 1.82) is 0 Å². The molecule has 0 spiro atoms. The first-order valence-electron chi connectivity index (χ1n) is 10.6. The molecule has 1 saturated heterocycles. The monoisotopic (exact) mass is 471 g/mol. The SMILES string of the molecule is CCOC(=O)C1CCCN(C(=O)CN(C)C(=O)c2ccc(-c3nc4ccccc4s3)s2)C1. The highest BCUT2D eigenvalue weighted by Crippen LogP contribution is 2.34. The van der Waals surface area contributed by atoms with Gasteiger partial charge in [0.15, 0.2) is 0 Å². The molecule has 1 fully saturated rings. The van der Waals surface area contributed by atoms with Crippen LogP contribution in [0.1, 0.15) is 29.4 Å². The van der Waals surface area contributed by atoms with E-state index in [2.05, 4.69) is 4.98 Å². The van der Waals surface area contributed by atoms with Crippen molar-refractivity contribution in [1.82, 2.24) is 14.8 Å². The number of esters is 1. The van der Waals surface area contributed by atoms with Gasteiger partial charge in [0.05, 0.1) is 39.0 Å². The minimum atomic E-state index is -0.290. The second kappa shape index (κ2) is 9.79. The minimum Gasteiger partial charge on any atom is -0.466 e. The summed E-state index contributed by atoms with van der Waals surface area (Å²) in [6.45, 7) is 3.03. The molecule has 0 N–H and O–H groups in total. The highest BCUT2D eigenvalue weighted by atomic mass is 32.1. The zero-order valence-corrected chi connectivity index (χ0v) is 19.7. The number of hydrogen-bond acceptors (Lipinski definition) is 7. The molecule has 1 unspecified atom stereocenters. The van der Waals surface area contributed by atoms with Gasteiger partial charge < -0.3 is 14.5 Å². The van der Waals surface area contributed by atoms with Crippen molar-refractivity contribution < 1.29 is 19.1 Å². The van der Waals surface area contributed by atoms with Gasteiger partial charge in [-0.1, -0.05) is 12.1 Å². The van der Waals surface area contributed by atoms with Crippen LogP contribution >= 0.6 is 22.7 Å². The number of hydrogen-bond donors (Lipinski definition) is 0. The standard InChI is InChI=1S/C23H25N3O4S2/c1-3-30-23(29)15-7-6-12-26(13-15)20(27)14-25(2)22(28)19-11-10-18(31-19)21-24-16-8-4-5-9-17(16)32-21/h4-5,8-11,15H,3,6-7,12-14H2,1-2H3. The van der Waals surface area contributed by atoms with Crippen LogP contribution in [-0.4, -0.2) is 65.9 Å². The Kier molecular flexibility index (Phi) is 6.86. The van der Waals surface area contributed by atoms with Gasteiger partial charge in [-0.05, 0) is 44.0 Å². The molecule has 1 atom stereocenters. The van der Waals surface area contributed by atoms with Crippen LogP contribution in [-0.2, 0) is 14.3 Å². The summed E-state index contributed by atoms with van der Waals surface area (Å²) < 4.78 is 6.21. The van der Waals surface area contributed by atoms with Gasteiger partial charge in [-0.2, -0.15) is 0 Å². The van der Waals surface area contributed by atoms with E-state index in [0.29, 0.717) is 24.6 Å². The van der Waals surface area contributed by atoms with Gasteiger partial charge >= 0.3 is 5.97 Å². The molecule has 1 aliphatic heterocycles. The number of fused-ring (bicyclic) bond motifs is 1. The molecule has 9 heteroatoms. The predicted molar refractivity (Wildman–Crippen MR) is 126 cm³/mol. The first-order chi connectivity index (χ1) is 15.5. The molecule has 3 heterocycles. The third-order valence-corrected chi connectivity index (χ3v) is 7.71. The van der Waals surface area contributed by atoms with Gasteiger partial charge in [0.25, 0.3) is 5.91 Å². The van der Waals surface area contributed by atoms with E-state index < -0.39 is 0 Å². The molecule has 2 amide bonds. The van der Waals surface area contributed by atoms with Crippen molar-refractivity contribution in [3.8, 4) is 9.88 Å². The summed E-state index contributed by atoms with van der Waals surface area (Å²) in [6.07, 6.45) is 1.48. The molecule has 0 saturated carbocycles. The van der Waals surface area contributed by atoms with Crippen molar-refractivity contribution in [2.24, 2.45) is 5.92 Å². The summed E-state index contributed by atoms with van der Waals surface area (Å²) in [6, 6.07) is 11.6. The van der Waals surface area contributed by atoms with Crippen molar-refractivity contribution in [2.75, 3.05) is 33.3 Å². The maximum absolute atomic E-state index is 12.9. The minimum absolute atomic E-state index is 0.0250. The molecule has 7 nitrogen and oxygen atoms in total. The number of carbonyl (C=O) groups excluding carboxylic acids is 3. The zero-order valence-electron chi connectivity index (χ0n) is 18.1. The first-order valence-corrected chi connectivity index (χ1v) is 12.2. The van der Waals surface area contributed by atoms with Gasteiger partial charge in [0, 0.05) is 20.1 Å². The van der Waals surface area contributed by atoms with Crippen LogP contribution in [0.3, 0.4) is 0 Å². The van der Waals surface area contributed by atoms with E-state index in [0.717, 1.165) is 32.9 Å². The number of thiazole rings is 1. The predicted octanol–water partition coefficient (Wildman–Crippen LogP) is 3.90. The smallest absolute Gasteiger partial charge is 0.310 e. The average Bonchev–Trinajstić information content (AvgIpc) is 3.46. The first kappa shape index (κ1) is 22.4. The van der Waals surface area contributed by atoms with Crippen molar-refractivity contribution in [3.05, 3.63) is 41.3 Å². The fourth-order valence-electron chi connectivity index (χ4n) is 3.76. The summed E-state index contributed by atoms with van der Waals surface area (Å²) in [5, 5.41) is 0.882. The van der Waals surface area contributed by atoms with E-state index in [1.807, 2.05) is 30.3 Å². The Morgan fingerprint density at radius 3 is 2.78 bits per heavy atom. The number of benzene rings is 1. The molecule has 4 rings (SSSR count). The van der Waals surface area contributed by atoms with Crippen LogP contribution in [0.5, 0.6) is 0 Å². The van der Waals surface area contributed by atoms with Gasteiger partial charge in [0.2, 0.25) is 5.91 Å². The summed E-state index contributed by atoms with van der Waals surface area (Å²) in [5.41, 5.74) is 0.944. The molecular formula is C23H25N3O4S2. The third-order valence-electron chi connectivity index (χ3n) is 5.43. The highest BCUT2D eigenvalue weighted by Gasteiger charge is 2.30. The molecule has 0 aliphatic carbocycles. The Morgan fingerprint density at radius 1 is 1.19 bits per heavy atom. The van der Waals surface area contributed by atoms with E-state index >= 15 is 0 Å². The van der Waals surface area contributed by atoms with E-state index in [9.17, 15) is 14.4 Å². The number of rotatable bonds is 6. The third kappa shape index (κ3) is 4.83. The van der Waals surface area contributed by atoms with Crippen molar-refractivity contribution in [3.63, 3.8) is 0 Å². The van der Waals surface area contributed by atoms with Crippen LogP contribution < -0.4 is 0 Å². The van der Waals surface area contributed by atoms with Crippen molar-refractivity contribution >= 4 is 50.7 Å². The number of piperidine rings is 1. The number of likely N-dealkylation sites (tertiary alicyclic amines) is 1. The molecule has 3 aromatic rings. The summed E-state index contributed by atoms with van der Waals surface area (Å²) >= 11 is 2.98. The number of ether oxygens (including phenoxy) is 1. The van der Waals surface area contributed by atoms with Crippen LogP contribution in [0.15, 0.2) is 36.4 Å². The normalized spacial score (nSPS) is 16.2. The number of likely N-dealkylation sites (N-methyl/N-ethyl adjacent to an activating group) is 1. The average molecular weight is 472 g/mol. The maximum atomic E-state index is 12.9. The Morgan fingerprint density at radius 2 is 2.00 bits per heavy atom. The summed E-state index contributed by atoms with van der Waals surface area (Å²) in [4.78, 5) is 47.0. The lowest BCUT2D eigenvalue weighted by molar-refractivity contribution is -0.151. The van der Waals surface area contributed by atoms with Gasteiger partial charge in [0.1, 0.15) is 5.01 Å². The second-order valence-corrected chi connectivity index (χ2v) is 9.86. The van der Waals surface area contributed by atoms with Crippen molar-refractivity contribution in [2.45, 2.75) is 19.8 Å². The summed E-state index contributed by atoms with van der Waals surface area (Å²) in [5.74, 6) is -0.898. The van der Waals surface area contributed by atoms with E-state index in [-0.39, 0.29) is 30.2 Å². The number of nitrogens with zero attached hydrogens (tertiary/aromatic N) is 3. The fourth-order valence-corrected chi connectivity index (χ4v) is 5.79. The largest absolute Gasteiger partial charge is 0.466 e. The van der Waals surface area contributed by atoms with Gasteiger partial charge in [-0.15, -0.1) is 22.7 Å². The molecule has 2 aromatic heterocycles. The van der Waals surface area contributed by atoms with Gasteiger partial charge in [-0.3, -0.25) is 14.4 Å². The Hall–Kier alpha value is -2.78. The zero-order chi connectivity index (χ0) is 22.7. The lowest BCUT2D eigenvalue weighted by atomic mass is 9.98. The molecule has 168 valence electrons. The van der Waals surface area contributed by atoms with Crippen LogP contribution in [0, 0.1) is 5.92 Å². The lowest BCUT2D eigenvalue weighted by Gasteiger charge is -2.32. The molecule has 1 aromatic carbocycles. The number of amides is 2. The molecule has 0 bridgehead atoms. The van der Waals surface area contributed by atoms with E-state index in [1.165, 1.54) is 16.2 Å². The lowest BCUT2D eigenvalue weighted by Crippen LogP contribution is -2.47. The molecular weight excluding hydrogens is 446 g/mol. The molecule has 0 radical (unpaired) electrons. The van der Waals surface area contributed by atoms with Gasteiger partial charge in [-0.25, -0.2) is 4.98 Å². The summed E-state index contributed by atoms with van der Waals surface area (Å²) in [7, 11) is 1.63. The van der Waals surface area contributed by atoms with E-state index in [4.69, 9.17) is 4.74 Å². The number of para-hydroxylation sites is 1. The Bertz CT molecular complexity index is 1110. The fraction of sp³-hybridized carbons (Fsp3) is 0.391. The van der Waals surface area contributed by atoms with Crippen LogP contribution in [0.2, 0.25) is 0 Å². The highest BCUT2D eigenvalue weighted by molar-refractivity contribution is 7.26. The Labute approximate surface area is 194 Å². The molecule has 1 aliphatic rings. The maximum Gasteiger partial charge on any atom is 0.310 e. The number of carbonyl (C=O) groups is 3. The van der Waals surface area contributed by atoms with Crippen LogP contribution in [0.25, 0.3) is 20.1 Å². The number of thiophene rings is 1.